The molecule has 1 aromatic rings. The van der Waals surface area contributed by atoms with Gasteiger partial charge in [-0.05, 0) is 32.0 Å². The zero-order chi connectivity index (χ0) is 17.4. The Morgan fingerprint density at radius 2 is 1.88 bits per heavy atom. The molecular formula is C18H30N4O2. The van der Waals surface area contributed by atoms with Crippen molar-refractivity contribution in [3.05, 3.63) is 23.8 Å². The van der Waals surface area contributed by atoms with Gasteiger partial charge in [-0.1, -0.05) is 0 Å². The number of aliphatic imine (C=N–C) groups is 1. The number of nitrogens with zero attached hydrogens (tertiary/aromatic N) is 3. The molecule has 1 heterocycles. The first-order chi connectivity index (χ1) is 11.7. The van der Waals surface area contributed by atoms with Gasteiger partial charge in [0, 0.05) is 51.4 Å². The maximum absolute atomic E-state index is 5.49. The number of hydrogen-bond acceptors (Lipinski definition) is 4. The molecule has 2 rings (SSSR count). The fourth-order valence-electron chi connectivity index (χ4n) is 2.94. The zero-order valence-electron chi connectivity index (χ0n) is 15.3. The Labute approximate surface area is 145 Å². The van der Waals surface area contributed by atoms with Crippen LogP contribution in [0.4, 0.5) is 0 Å². The number of methoxy groups -OCH3 is 2. The minimum atomic E-state index is 0.809. The predicted octanol–water partition coefficient (Wildman–Crippen LogP) is 1.81. The summed E-state index contributed by atoms with van der Waals surface area (Å²) in [6, 6.07) is 5.97. The van der Waals surface area contributed by atoms with Crippen LogP contribution in [0.1, 0.15) is 19.4 Å². The van der Waals surface area contributed by atoms with Crippen molar-refractivity contribution in [1.82, 2.24) is 15.1 Å². The molecule has 1 aliphatic heterocycles. The van der Waals surface area contributed by atoms with Gasteiger partial charge in [0.05, 0.1) is 14.2 Å². The van der Waals surface area contributed by atoms with Crippen molar-refractivity contribution in [3.8, 4) is 11.5 Å². The van der Waals surface area contributed by atoms with Crippen molar-refractivity contribution >= 4 is 5.96 Å². The molecular weight excluding hydrogens is 304 g/mol. The van der Waals surface area contributed by atoms with Gasteiger partial charge in [-0.25, -0.2) is 0 Å². The van der Waals surface area contributed by atoms with E-state index in [2.05, 4.69) is 40.0 Å². The van der Waals surface area contributed by atoms with Gasteiger partial charge in [-0.15, -0.1) is 0 Å². The van der Waals surface area contributed by atoms with Crippen molar-refractivity contribution in [3.63, 3.8) is 0 Å². The Kier molecular flexibility index (Phi) is 7.18. The van der Waals surface area contributed by atoms with E-state index < -0.39 is 0 Å². The third-order valence-corrected chi connectivity index (χ3v) is 4.20. The molecule has 134 valence electrons. The Bertz CT molecular complexity index is 540. The molecule has 0 amide bonds. The van der Waals surface area contributed by atoms with E-state index in [1.807, 2.05) is 12.1 Å². The summed E-state index contributed by atoms with van der Waals surface area (Å²) in [5, 5.41) is 3.37. The van der Waals surface area contributed by atoms with Crippen molar-refractivity contribution in [2.75, 3.05) is 53.5 Å². The van der Waals surface area contributed by atoms with Crippen LogP contribution in [0.2, 0.25) is 0 Å². The summed E-state index contributed by atoms with van der Waals surface area (Å²) >= 11 is 0. The lowest BCUT2D eigenvalue weighted by Gasteiger charge is -2.36. The summed E-state index contributed by atoms with van der Waals surface area (Å²) < 4.78 is 10.8. The van der Waals surface area contributed by atoms with Crippen LogP contribution >= 0.6 is 0 Å². The van der Waals surface area contributed by atoms with Gasteiger partial charge in [0.15, 0.2) is 5.96 Å². The van der Waals surface area contributed by atoms with Crippen LogP contribution in [-0.2, 0) is 6.54 Å². The molecule has 1 N–H and O–H groups in total. The molecule has 1 aromatic carbocycles. The number of guanidine groups is 1. The summed E-state index contributed by atoms with van der Waals surface area (Å²) in [4.78, 5) is 9.36. The fourth-order valence-corrected chi connectivity index (χ4v) is 2.94. The molecule has 1 fully saturated rings. The summed E-state index contributed by atoms with van der Waals surface area (Å²) in [5.41, 5.74) is 1.17. The van der Waals surface area contributed by atoms with Gasteiger partial charge in [-0.2, -0.15) is 0 Å². The molecule has 0 unspecified atom stereocenters. The Morgan fingerprint density at radius 3 is 2.46 bits per heavy atom. The van der Waals surface area contributed by atoms with Crippen LogP contribution in [0.5, 0.6) is 11.5 Å². The first-order valence-corrected chi connectivity index (χ1v) is 8.68. The monoisotopic (exact) mass is 334 g/mol. The normalized spacial score (nSPS) is 16.2. The van der Waals surface area contributed by atoms with E-state index in [0.717, 1.165) is 63.3 Å². The SMILES string of the molecule is CCN=C(NCC)N1CCN(Cc2cc(OC)ccc2OC)CC1. The van der Waals surface area contributed by atoms with Gasteiger partial charge < -0.3 is 19.7 Å². The molecule has 0 spiro atoms. The standard InChI is InChI=1S/C18H30N4O2/c1-5-19-18(20-6-2)22-11-9-21(10-12-22)14-15-13-16(23-3)7-8-17(15)24-4/h7-8,13H,5-6,9-12,14H2,1-4H3,(H,19,20). The van der Waals surface area contributed by atoms with E-state index in [1.54, 1.807) is 14.2 Å². The van der Waals surface area contributed by atoms with Crippen molar-refractivity contribution in [2.45, 2.75) is 20.4 Å². The van der Waals surface area contributed by atoms with Crippen LogP contribution in [0.15, 0.2) is 23.2 Å². The lowest BCUT2D eigenvalue weighted by atomic mass is 10.1. The molecule has 1 saturated heterocycles. The number of nitrogens with one attached hydrogen (secondary N) is 1. The average Bonchev–Trinajstić information content (AvgIpc) is 2.62. The maximum Gasteiger partial charge on any atom is 0.193 e. The third-order valence-electron chi connectivity index (χ3n) is 4.20. The van der Waals surface area contributed by atoms with E-state index in [0.29, 0.717) is 0 Å². The minimum absolute atomic E-state index is 0.809. The molecule has 6 heteroatoms. The van der Waals surface area contributed by atoms with Crippen LogP contribution in [0.3, 0.4) is 0 Å². The first-order valence-electron chi connectivity index (χ1n) is 8.68. The van der Waals surface area contributed by atoms with Crippen LogP contribution < -0.4 is 14.8 Å². The van der Waals surface area contributed by atoms with Crippen molar-refractivity contribution < 1.29 is 9.47 Å². The molecule has 0 bridgehead atoms. The highest BCUT2D eigenvalue weighted by atomic mass is 16.5. The van der Waals surface area contributed by atoms with E-state index in [9.17, 15) is 0 Å². The van der Waals surface area contributed by atoms with E-state index in [4.69, 9.17) is 9.47 Å². The number of rotatable bonds is 6. The van der Waals surface area contributed by atoms with Gasteiger partial charge >= 0.3 is 0 Å². The Hall–Kier alpha value is -1.95. The van der Waals surface area contributed by atoms with Crippen LogP contribution in [-0.4, -0.2) is 69.2 Å². The molecule has 0 radical (unpaired) electrons. The lowest BCUT2D eigenvalue weighted by Crippen LogP contribution is -2.52. The summed E-state index contributed by atoms with van der Waals surface area (Å²) in [6.45, 7) is 10.7. The minimum Gasteiger partial charge on any atom is -0.497 e. The maximum atomic E-state index is 5.49. The summed E-state index contributed by atoms with van der Waals surface area (Å²) in [6.07, 6.45) is 0. The second kappa shape index (κ2) is 9.37. The first kappa shape index (κ1) is 18.4. The third kappa shape index (κ3) is 4.77. The lowest BCUT2D eigenvalue weighted by molar-refractivity contribution is 0.171. The quantitative estimate of drug-likeness (QED) is 0.635. The number of piperazine rings is 1. The second-order valence-corrected chi connectivity index (χ2v) is 5.77. The summed E-state index contributed by atoms with van der Waals surface area (Å²) in [5.74, 6) is 2.81. The van der Waals surface area contributed by atoms with Gasteiger partial charge in [-0.3, -0.25) is 9.89 Å². The highest BCUT2D eigenvalue weighted by Gasteiger charge is 2.20. The molecule has 24 heavy (non-hydrogen) atoms. The van der Waals surface area contributed by atoms with E-state index >= 15 is 0 Å². The molecule has 6 nitrogen and oxygen atoms in total. The highest BCUT2D eigenvalue weighted by Crippen LogP contribution is 2.25. The number of benzene rings is 1. The van der Waals surface area contributed by atoms with Gasteiger partial charge in [0.2, 0.25) is 0 Å². The predicted molar refractivity (Wildman–Crippen MR) is 98.0 cm³/mol. The molecule has 0 atom stereocenters. The Balaban J connectivity index is 1.97. The largest absolute Gasteiger partial charge is 0.497 e. The number of ether oxygens (including phenoxy) is 2. The fraction of sp³-hybridized carbons (Fsp3) is 0.611. The molecule has 0 saturated carbocycles. The van der Waals surface area contributed by atoms with E-state index in [-0.39, 0.29) is 0 Å². The summed E-state index contributed by atoms with van der Waals surface area (Å²) in [7, 11) is 3.41. The van der Waals surface area contributed by atoms with Crippen LogP contribution in [0, 0.1) is 0 Å². The Morgan fingerprint density at radius 1 is 1.12 bits per heavy atom. The van der Waals surface area contributed by atoms with Gasteiger partial charge in [0.25, 0.3) is 0 Å². The van der Waals surface area contributed by atoms with Crippen molar-refractivity contribution in [1.29, 1.82) is 0 Å². The second-order valence-electron chi connectivity index (χ2n) is 5.77. The topological polar surface area (TPSA) is 49.3 Å². The van der Waals surface area contributed by atoms with E-state index in [1.165, 1.54) is 5.56 Å². The zero-order valence-corrected chi connectivity index (χ0v) is 15.3. The van der Waals surface area contributed by atoms with Crippen LogP contribution in [0.25, 0.3) is 0 Å². The molecule has 0 aromatic heterocycles. The molecule has 1 aliphatic rings. The average molecular weight is 334 g/mol. The number of hydrogen-bond donors (Lipinski definition) is 1. The molecule has 0 aliphatic carbocycles. The smallest absolute Gasteiger partial charge is 0.193 e. The highest BCUT2D eigenvalue weighted by molar-refractivity contribution is 5.80. The van der Waals surface area contributed by atoms with Crippen molar-refractivity contribution in [2.24, 2.45) is 4.99 Å². The van der Waals surface area contributed by atoms with Gasteiger partial charge in [0.1, 0.15) is 11.5 Å².